The minimum atomic E-state index is -0.958. The molecule has 2 aromatic carbocycles. The number of aliphatic hydroxyl groups is 1. The molecule has 0 bridgehead atoms. The molecule has 6 heteroatoms. The molecule has 0 aliphatic rings. The van der Waals surface area contributed by atoms with Crippen molar-refractivity contribution in [1.82, 2.24) is 5.32 Å². The molecule has 152 valence electrons. The van der Waals surface area contributed by atoms with Gasteiger partial charge in [0.05, 0.1) is 18.6 Å². The van der Waals surface area contributed by atoms with Gasteiger partial charge in [-0.15, -0.1) is 0 Å². The smallest absolute Gasteiger partial charge is 0.306 e. The van der Waals surface area contributed by atoms with Gasteiger partial charge in [0, 0.05) is 18.2 Å². The first-order valence-electron chi connectivity index (χ1n) is 9.29. The fourth-order valence-corrected chi connectivity index (χ4v) is 2.88. The Balaban J connectivity index is 1.99. The summed E-state index contributed by atoms with van der Waals surface area (Å²) in [6, 6.07) is 15.4. The highest BCUT2D eigenvalue weighted by atomic mass is 16.5. The molecule has 29 heavy (non-hydrogen) atoms. The number of aliphatic carboxylic acids is 1. The molecule has 0 radical (unpaired) electrons. The molecule has 0 saturated carbocycles. The third kappa shape index (κ3) is 7.41. The van der Waals surface area contributed by atoms with Crippen LogP contribution in [-0.4, -0.2) is 48.5 Å². The number of hydrogen-bond acceptors (Lipinski definition) is 4. The van der Waals surface area contributed by atoms with E-state index in [9.17, 15) is 19.8 Å². The Morgan fingerprint density at radius 3 is 2.38 bits per heavy atom. The quantitative estimate of drug-likeness (QED) is 0.565. The van der Waals surface area contributed by atoms with Gasteiger partial charge in [-0.05, 0) is 42.7 Å². The number of carboxylic acid groups (broad SMARTS) is 1. The van der Waals surface area contributed by atoms with Crippen molar-refractivity contribution in [3.8, 4) is 11.8 Å². The van der Waals surface area contributed by atoms with E-state index in [1.165, 1.54) is 0 Å². The second-order valence-corrected chi connectivity index (χ2v) is 6.63. The van der Waals surface area contributed by atoms with Crippen LogP contribution >= 0.6 is 0 Å². The number of methoxy groups -OCH3 is 1. The molecule has 2 unspecified atom stereocenters. The van der Waals surface area contributed by atoms with Crippen molar-refractivity contribution < 1.29 is 24.5 Å². The number of carbonyl (C=O) groups excluding carboxylic acids is 1. The van der Waals surface area contributed by atoms with Crippen molar-refractivity contribution in [2.45, 2.75) is 18.9 Å². The summed E-state index contributed by atoms with van der Waals surface area (Å²) in [5.74, 6) is 3.70. The zero-order chi connectivity index (χ0) is 21.1. The number of nitrogens with one attached hydrogen (secondary N) is 1. The summed E-state index contributed by atoms with van der Waals surface area (Å²) in [4.78, 5) is 24.1. The van der Waals surface area contributed by atoms with E-state index in [-0.39, 0.29) is 18.9 Å². The third-order valence-corrected chi connectivity index (χ3v) is 4.40. The van der Waals surface area contributed by atoms with E-state index in [0.717, 1.165) is 11.1 Å². The molecular formula is C23H25NO5. The van der Waals surface area contributed by atoms with E-state index in [0.29, 0.717) is 18.6 Å². The van der Waals surface area contributed by atoms with Gasteiger partial charge in [-0.2, -0.15) is 0 Å². The van der Waals surface area contributed by atoms with E-state index in [2.05, 4.69) is 17.2 Å². The lowest BCUT2D eigenvalue weighted by molar-refractivity contribution is -0.142. The van der Waals surface area contributed by atoms with E-state index in [4.69, 9.17) is 4.74 Å². The predicted molar refractivity (Wildman–Crippen MR) is 109 cm³/mol. The first-order chi connectivity index (χ1) is 14.0. The van der Waals surface area contributed by atoms with Crippen LogP contribution in [0.4, 0.5) is 0 Å². The molecule has 0 heterocycles. The lowest BCUT2D eigenvalue weighted by atomic mass is 9.93. The fourth-order valence-electron chi connectivity index (χ4n) is 2.88. The maximum atomic E-state index is 12.5. The average Bonchev–Trinajstić information content (AvgIpc) is 2.73. The standard InChI is InChI=1S/C23H25NO5/c1-29-13-5-8-17-9-11-19(12-10-17)22(26)24-21(16-25)15-20(23(27)28)14-18-6-3-2-4-7-18/h2-4,6-7,9-12,20-21,25H,13-16H2,1H3,(H,24,26)(H,27,28). The molecule has 0 aromatic heterocycles. The maximum absolute atomic E-state index is 12.5. The number of rotatable bonds is 9. The Kier molecular flexibility index (Phi) is 8.90. The van der Waals surface area contributed by atoms with E-state index >= 15 is 0 Å². The van der Waals surface area contributed by atoms with Crippen molar-refractivity contribution in [2.75, 3.05) is 20.3 Å². The predicted octanol–water partition coefficient (Wildman–Crippen LogP) is 2.11. The van der Waals surface area contributed by atoms with Crippen LogP contribution in [0.5, 0.6) is 0 Å². The summed E-state index contributed by atoms with van der Waals surface area (Å²) in [7, 11) is 1.56. The monoisotopic (exact) mass is 395 g/mol. The molecule has 0 fully saturated rings. The molecule has 2 atom stereocenters. The van der Waals surface area contributed by atoms with Gasteiger partial charge in [0.25, 0.3) is 5.91 Å². The van der Waals surface area contributed by atoms with Crippen molar-refractivity contribution in [3.05, 3.63) is 71.3 Å². The molecular weight excluding hydrogens is 370 g/mol. The molecule has 2 aromatic rings. The summed E-state index contributed by atoms with van der Waals surface area (Å²) < 4.78 is 4.86. The Labute approximate surface area is 170 Å². The Morgan fingerprint density at radius 2 is 1.79 bits per heavy atom. The molecule has 1 amide bonds. The normalized spacial score (nSPS) is 12.3. The summed E-state index contributed by atoms with van der Waals surface area (Å²) >= 11 is 0. The topological polar surface area (TPSA) is 95.9 Å². The molecule has 0 spiro atoms. The van der Waals surface area contributed by atoms with Crippen LogP contribution in [0.3, 0.4) is 0 Å². The third-order valence-electron chi connectivity index (χ3n) is 4.40. The summed E-state index contributed by atoms with van der Waals surface area (Å²) in [5.41, 5.74) is 2.06. The first kappa shape index (κ1) is 22.2. The van der Waals surface area contributed by atoms with Crippen LogP contribution in [-0.2, 0) is 16.0 Å². The van der Waals surface area contributed by atoms with Crippen molar-refractivity contribution in [1.29, 1.82) is 0 Å². The van der Waals surface area contributed by atoms with Gasteiger partial charge in [0.1, 0.15) is 6.61 Å². The van der Waals surface area contributed by atoms with Crippen LogP contribution in [0.25, 0.3) is 0 Å². The van der Waals surface area contributed by atoms with Gasteiger partial charge in [-0.1, -0.05) is 42.2 Å². The first-order valence-corrected chi connectivity index (χ1v) is 9.29. The van der Waals surface area contributed by atoms with Crippen LogP contribution in [0.15, 0.2) is 54.6 Å². The van der Waals surface area contributed by atoms with Crippen molar-refractivity contribution in [2.24, 2.45) is 5.92 Å². The molecule has 3 N–H and O–H groups in total. The minimum absolute atomic E-state index is 0.132. The fraction of sp³-hybridized carbons (Fsp3) is 0.304. The van der Waals surface area contributed by atoms with E-state index < -0.39 is 17.9 Å². The van der Waals surface area contributed by atoms with E-state index in [1.807, 2.05) is 30.3 Å². The van der Waals surface area contributed by atoms with Gasteiger partial charge in [0.15, 0.2) is 0 Å². The molecule has 0 saturated heterocycles. The zero-order valence-corrected chi connectivity index (χ0v) is 16.3. The Morgan fingerprint density at radius 1 is 1.10 bits per heavy atom. The SMILES string of the molecule is COCC#Cc1ccc(C(=O)NC(CO)CC(Cc2ccccc2)C(=O)O)cc1. The molecule has 2 rings (SSSR count). The summed E-state index contributed by atoms with van der Waals surface area (Å²) in [6.07, 6.45) is 0.463. The second-order valence-electron chi connectivity index (χ2n) is 6.63. The number of hydrogen-bond donors (Lipinski definition) is 3. The maximum Gasteiger partial charge on any atom is 0.306 e. The highest BCUT2D eigenvalue weighted by Crippen LogP contribution is 2.15. The average molecular weight is 395 g/mol. The highest BCUT2D eigenvalue weighted by Gasteiger charge is 2.24. The lowest BCUT2D eigenvalue weighted by Crippen LogP contribution is -2.40. The number of amides is 1. The summed E-state index contributed by atoms with van der Waals surface area (Å²) in [6.45, 7) is -0.0149. The van der Waals surface area contributed by atoms with Gasteiger partial charge in [0.2, 0.25) is 0 Å². The van der Waals surface area contributed by atoms with Crippen molar-refractivity contribution in [3.63, 3.8) is 0 Å². The van der Waals surface area contributed by atoms with Gasteiger partial charge < -0.3 is 20.3 Å². The number of carboxylic acids is 1. The lowest BCUT2D eigenvalue weighted by Gasteiger charge is -2.21. The number of benzene rings is 2. The van der Waals surface area contributed by atoms with Crippen LogP contribution < -0.4 is 5.32 Å². The number of ether oxygens (including phenoxy) is 1. The number of carbonyl (C=O) groups is 2. The van der Waals surface area contributed by atoms with Crippen LogP contribution in [0.2, 0.25) is 0 Å². The largest absolute Gasteiger partial charge is 0.481 e. The molecule has 6 nitrogen and oxygen atoms in total. The second kappa shape index (κ2) is 11.6. The van der Waals surface area contributed by atoms with E-state index in [1.54, 1.807) is 31.4 Å². The molecule has 0 aliphatic carbocycles. The van der Waals surface area contributed by atoms with Gasteiger partial charge >= 0.3 is 5.97 Å². The highest BCUT2D eigenvalue weighted by molar-refractivity contribution is 5.94. The Hall–Kier alpha value is -3.14. The van der Waals surface area contributed by atoms with Gasteiger partial charge in [-0.25, -0.2) is 0 Å². The summed E-state index contributed by atoms with van der Waals surface area (Å²) in [5, 5.41) is 21.9. The zero-order valence-electron chi connectivity index (χ0n) is 16.3. The van der Waals surface area contributed by atoms with Crippen LogP contribution in [0, 0.1) is 17.8 Å². The minimum Gasteiger partial charge on any atom is -0.481 e. The van der Waals surface area contributed by atoms with Crippen molar-refractivity contribution >= 4 is 11.9 Å². The molecule has 0 aliphatic heterocycles. The number of aliphatic hydroxyl groups excluding tert-OH is 1. The van der Waals surface area contributed by atoms with Crippen LogP contribution in [0.1, 0.15) is 27.9 Å². The Bertz CT molecular complexity index is 852. The van der Waals surface area contributed by atoms with Gasteiger partial charge in [-0.3, -0.25) is 9.59 Å².